The molecule has 1 fully saturated rings. The molecule has 1 aromatic carbocycles. The van der Waals surface area contributed by atoms with Crippen LogP contribution in [0.15, 0.2) is 40.6 Å². The summed E-state index contributed by atoms with van der Waals surface area (Å²) < 4.78 is 7.70. The molecular formula is C18H23N3O2S. The van der Waals surface area contributed by atoms with Gasteiger partial charge in [0.1, 0.15) is 6.61 Å². The fraction of sp³-hybridized carbons (Fsp3) is 0.444. The maximum Gasteiger partial charge on any atom is 0.250 e. The number of hydrogen-bond acceptors (Lipinski definition) is 4. The summed E-state index contributed by atoms with van der Waals surface area (Å²) in [6, 6.07) is 5.99. The van der Waals surface area contributed by atoms with Crippen LogP contribution in [0.3, 0.4) is 0 Å². The summed E-state index contributed by atoms with van der Waals surface area (Å²) in [4.78, 5) is 17.5. The van der Waals surface area contributed by atoms with Crippen molar-refractivity contribution in [3.05, 3.63) is 36.2 Å². The van der Waals surface area contributed by atoms with E-state index in [0.717, 1.165) is 34.1 Å². The highest BCUT2D eigenvalue weighted by molar-refractivity contribution is 7.99. The normalized spacial score (nSPS) is 15.8. The van der Waals surface area contributed by atoms with E-state index < -0.39 is 0 Å². The van der Waals surface area contributed by atoms with Crippen LogP contribution in [0, 0.1) is 6.92 Å². The van der Waals surface area contributed by atoms with Crippen molar-refractivity contribution in [3.63, 3.8) is 0 Å². The monoisotopic (exact) mass is 345 g/mol. The third kappa shape index (κ3) is 3.99. The molecule has 0 atom stereocenters. The minimum absolute atomic E-state index is 0.101. The molecule has 5 nitrogen and oxygen atoms in total. The number of ether oxygens (including phenoxy) is 1. The molecule has 6 heteroatoms. The maximum absolute atomic E-state index is 12.1. The standard InChI is InChI=1S/C18H23N3O2S/c1-13-11-14(24-17-19-9-10-21(17)3)5-6-15(13)20-16(22)12-23-18(2)7-4-8-18/h5-6,9-11H,4,7-8,12H2,1-3H3,(H,20,22). The van der Waals surface area contributed by atoms with Crippen molar-refractivity contribution in [1.82, 2.24) is 9.55 Å². The molecule has 3 rings (SSSR count). The van der Waals surface area contributed by atoms with Crippen molar-refractivity contribution in [2.24, 2.45) is 7.05 Å². The predicted molar refractivity (Wildman–Crippen MR) is 95.3 cm³/mol. The average molecular weight is 345 g/mol. The second-order valence-electron chi connectivity index (χ2n) is 6.54. The smallest absolute Gasteiger partial charge is 0.250 e. The molecule has 1 heterocycles. The van der Waals surface area contributed by atoms with E-state index in [1.54, 1.807) is 18.0 Å². The molecule has 0 aliphatic heterocycles. The molecule has 2 aromatic rings. The van der Waals surface area contributed by atoms with Gasteiger partial charge in [-0.05, 0) is 56.9 Å². The van der Waals surface area contributed by atoms with Gasteiger partial charge in [-0.3, -0.25) is 4.79 Å². The minimum Gasteiger partial charge on any atom is -0.365 e. The highest BCUT2D eigenvalue weighted by Crippen LogP contribution is 2.34. The van der Waals surface area contributed by atoms with Crippen LogP contribution >= 0.6 is 11.8 Å². The second-order valence-corrected chi connectivity index (χ2v) is 7.58. The molecule has 1 saturated carbocycles. The summed E-state index contributed by atoms with van der Waals surface area (Å²) in [5, 5.41) is 3.87. The molecule has 24 heavy (non-hydrogen) atoms. The zero-order valence-electron chi connectivity index (χ0n) is 14.3. The first-order chi connectivity index (χ1) is 11.5. The maximum atomic E-state index is 12.1. The van der Waals surface area contributed by atoms with E-state index in [2.05, 4.69) is 23.3 Å². The van der Waals surface area contributed by atoms with Crippen molar-refractivity contribution in [3.8, 4) is 0 Å². The van der Waals surface area contributed by atoms with Crippen molar-refractivity contribution < 1.29 is 9.53 Å². The van der Waals surface area contributed by atoms with E-state index in [-0.39, 0.29) is 18.1 Å². The van der Waals surface area contributed by atoms with Gasteiger partial charge in [-0.2, -0.15) is 0 Å². The van der Waals surface area contributed by atoms with Gasteiger partial charge in [0.05, 0.1) is 5.60 Å². The zero-order chi connectivity index (χ0) is 17.2. The summed E-state index contributed by atoms with van der Waals surface area (Å²) in [7, 11) is 1.97. The Morgan fingerprint density at radius 2 is 2.25 bits per heavy atom. The number of imidazole rings is 1. The number of benzene rings is 1. The van der Waals surface area contributed by atoms with E-state index in [1.807, 2.05) is 36.9 Å². The Morgan fingerprint density at radius 3 is 2.83 bits per heavy atom. The molecule has 0 unspecified atom stereocenters. The van der Waals surface area contributed by atoms with Crippen LogP contribution in [0.25, 0.3) is 0 Å². The summed E-state index contributed by atoms with van der Waals surface area (Å²) >= 11 is 1.60. The van der Waals surface area contributed by atoms with Gasteiger partial charge in [0.2, 0.25) is 5.91 Å². The van der Waals surface area contributed by atoms with Gasteiger partial charge in [0, 0.05) is 30.0 Å². The molecule has 0 bridgehead atoms. The van der Waals surface area contributed by atoms with E-state index in [0.29, 0.717) is 0 Å². The molecule has 1 aliphatic rings. The van der Waals surface area contributed by atoms with Gasteiger partial charge < -0.3 is 14.6 Å². The van der Waals surface area contributed by atoms with Gasteiger partial charge in [0.25, 0.3) is 0 Å². The molecule has 0 spiro atoms. The minimum atomic E-state index is -0.102. The highest BCUT2D eigenvalue weighted by Gasteiger charge is 2.33. The summed E-state index contributed by atoms with van der Waals surface area (Å²) in [5.41, 5.74) is 1.75. The molecule has 1 amide bonds. The fourth-order valence-corrected chi connectivity index (χ4v) is 3.54. The Kier molecular flexibility index (Phi) is 4.96. The largest absolute Gasteiger partial charge is 0.365 e. The first kappa shape index (κ1) is 17.0. The molecule has 1 aliphatic carbocycles. The van der Waals surface area contributed by atoms with Crippen LogP contribution in [0.1, 0.15) is 31.7 Å². The summed E-state index contributed by atoms with van der Waals surface area (Å²) in [5.74, 6) is -0.101. The average Bonchev–Trinajstić information content (AvgIpc) is 2.91. The van der Waals surface area contributed by atoms with Crippen molar-refractivity contribution >= 4 is 23.4 Å². The number of hydrogen-bond donors (Lipinski definition) is 1. The Balaban J connectivity index is 1.58. The molecule has 1 aromatic heterocycles. The number of carbonyl (C=O) groups is 1. The van der Waals surface area contributed by atoms with Crippen LogP contribution in [-0.4, -0.2) is 27.7 Å². The number of carbonyl (C=O) groups excluding carboxylic acids is 1. The molecule has 128 valence electrons. The number of rotatable bonds is 6. The SMILES string of the molecule is Cc1cc(Sc2nccn2C)ccc1NC(=O)COC1(C)CCC1. The van der Waals surface area contributed by atoms with Gasteiger partial charge in [-0.1, -0.05) is 11.8 Å². The van der Waals surface area contributed by atoms with E-state index in [9.17, 15) is 4.79 Å². The van der Waals surface area contributed by atoms with Crippen LogP contribution in [0.5, 0.6) is 0 Å². The summed E-state index contributed by atoms with van der Waals surface area (Å²) in [6.45, 7) is 4.17. The van der Waals surface area contributed by atoms with Gasteiger partial charge in [-0.15, -0.1) is 0 Å². The molecule has 1 N–H and O–H groups in total. The molecule has 0 radical (unpaired) electrons. The lowest BCUT2D eigenvalue weighted by atomic mass is 9.82. The topological polar surface area (TPSA) is 56.2 Å². The Hall–Kier alpha value is -1.79. The lowest BCUT2D eigenvalue weighted by Gasteiger charge is -2.37. The first-order valence-corrected chi connectivity index (χ1v) is 8.96. The van der Waals surface area contributed by atoms with Crippen LogP contribution in [0.4, 0.5) is 5.69 Å². The number of nitrogens with zero attached hydrogens (tertiary/aromatic N) is 2. The van der Waals surface area contributed by atoms with Crippen molar-refractivity contribution in [2.45, 2.75) is 48.8 Å². The molecular weight excluding hydrogens is 322 g/mol. The Labute approximate surface area is 146 Å². The van der Waals surface area contributed by atoms with Crippen molar-refractivity contribution in [1.29, 1.82) is 0 Å². The number of amides is 1. The lowest BCUT2D eigenvalue weighted by Crippen LogP contribution is -2.39. The first-order valence-electron chi connectivity index (χ1n) is 8.15. The predicted octanol–water partition coefficient (Wildman–Crippen LogP) is 3.78. The van der Waals surface area contributed by atoms with Gasteiger partial charge >= 0.3 is 0 Å². The van der Waals surface area contributed by atoms with Crippen LogP contribution in [-0.2, 0) is 16.6 Å². The Bertz CT molecular complexity index is 738. The quantitative estimate of drug-likeness (QED) is 0.866. The number of nitrogens with one attached hydrogen (secondary N) is 1. The van der Waals surface area contributed by atoms with Crippen LogP contribution in [0.2, 0.25) is 0 Å². The highest BCUT2D eigenvalue weighted by atomic mass is 32.2. The second kappa shape index (κ2) is 6.99. The third-order valence-electron chi connectivity index (χ3n) is 4.42. The third-order valence-corrected chi connectivity index (χ3v) is 5.49. The zero-order valence-corrected chi connectivity index (χ0v) is 15.2. The summed E-state index contributed by atoms with van der Waals surface area (Å²) in [6.07, 6.45) is 6.97. The van der Waals surface area contributed by atoms with Gasteiger partial charge in [-0.25, -0.2) is 4.98 Å². The molecule has 0 saturated heterocycles. The lowest BCUT2D eigenvalue weighted by molar-refractivity contribution is -0.134. The number of anilines is 1. The van der Waals surface area contributed by atoms with E-state index in [1.165, 1.54) is 6.42 Å². The van der Waals surface area contributed by atoms with E-state index >= 15 is 0 Å². The van der Waals surface area contributed by atoms with Gasteiger partial charge in [0.15, 0.2) is 5.16 Å². The number of aryl methyl sites for hydroxylation is 2. The number of aromatic nitrogens is 2. The fourth-order valence-electron chi connectivity index (χ4n) is 2.64. The van der Waals surface area contributed by atoms with Crippen LogP contribution < -0.4 is 5.32 Å². The van der Waals surface area contributed by atoms with E-state index in [4.69, 9.17) is 4.74 Å². The Morgan fingerprint density at radius 1 is 1.46 bits per heavy atom. The van der Waals surface area contributed by atoms with Crippen molar-refractivity contribution in [2.75, 3.05) is 11.9 Å².